The van der Waals surface area contributed by atoms with Gasteiger partial charge in [-0.15, -0.1) is 0 Å². The Morgan fingerprint density at radius 1 is 0.610 bits per heavy atom. The topological polar surface area (TPSA) is 505 Å². The maximum atomic E-state index is 11.3. The van der Waals surface area contributed by atoms with Gasteiger partial charge in [0, 0.05) is 121 Å². The van der Waals surface area contributed by atoms with Gasteiger partial charge in [-0.05, 0) is 46.5 Å². The van der Waals surface area contributed by atoms with Gasteiger partial charge in [0.1, 0.15) is 6.29 Å². The van der Waals surface area contributed by atoms with E-state index in [9.17, 15) is 69.2 Å². The number of nitrogen functional groups attached to an aromatic ring is 1. The largest absolute Gasteiger partial charge is 0.502 e. The van der Waals surface area contributed by atoms with Crippen LogP contribution < -0.4 is 5.73 Å². The van der Waals surface area contributed by atoms with Crippen molar-refractivity contribution in [2.24, 2.45) is 4.99 Å². The van der Waals surface area contributed by atoms with E-state index >= 15 is 0 Å². The molecule has 0 saturated heterocycles. The molecule has 2 atom stereocenters. The standard InChI is InChI=1S/C11H8N2O4.C9H9NO5.C9H7NO5.C9H11NO3.C7H5NO3.C3H6O2.2CH4O.CH3.Pd/c1-7-12-10(11(14)17-7)6-8-3-2-4-9(5-8)13(15)16;2*11-8(9(12)13)5-6-2-1-3-7(4-6)10(14)15;10-7-3-1-2-6(4-7)5-8(11)9(12)13;9-5-6-2-1-3-7(4-6)8(10)11;1-2-3(4)5;2*1-2;;/h2-6H,1H3;1-4,8,11H,5H2,(H,12,13);1-5,11H,(H,12,13);1-4,8,11H,5,10H2,(H,12,13);1-5H;2H2,1H3,(H,4,5);2*2H,1H3;1H3;/q;;;;;;;;-1;/b10-6-;;8-5-;;;;;;;. The smallest absolute Gasteiger partial charge is 0.370 e. The number of nitro groups is 4. The first-order valence-corrected chi connectivity index (χ1v) is 22.0. The molecule has 0 aromatic heterocycles. The summed E-state index contributed by atoms with van der Waals surface area (Å²) in [6.45, 7) is 3.16. The molecular weight excluding hydrogens is 1190 g/mol. The number of nitrogens with two attached hydrogens (primary N) is 1. The van der Waals surface area contributed by atoms with Crippen molar-refractivity contribution in [1.29, 1.82) is 0 Å². The quantitative estimate of drug-likeness (QED) is 0.00673. The predicted octanol–water partition coefficient (Wildman–Crippen LogP) is 5.88. The number of aldehydes is 1. The molecule has 82 heavy (non-hydrogen) atoms. The summed E-state index contributed by atoms with van der Waals surface area (Å²) in [6, 6.07) is 29.1. The molecule has 0 bridgehead atoms. The van der Waals surface area contributed by atoms with Crippen LogP contribution in [0, 0.1) is 47.9 Å². The number of rotatable bonds is 15. The Morgan fingerprint density at radius 3 is 1.32 bits per heavy atom. The van der Waals surface area contributed by atoms with Gasteiger partial charge in [-0.3, -0.25) is 50.0 Å². The number of aliphatic imine (C=N–C) groups is 1. The maximum absolute atomic E-state index is 11.3. The molecule has 6 rings (SSSR count). The molecule has 0 spiro atoms. The third-order valence-corrected chi connectivity index (χ3v) is 8.74. The number of carboxylic acids is 4. The number of nitrogens with zero attached hydrogens (tertiary/aromatic N) is 5. The third kappa shape index (κ3) is 33.3. The summed E-state index contributed by atoms with van der Waals surface area (Å²) >= 11 is 0. The molecule has 30 nitrogen and oxygen atoms in total. The number of esters is 1. The fourth-order valence-corrected chi connectivity index (χ4v) is 5.20. The molecule has 1 aliphatic rings. The number of cyclic esters (lactones) is 1. The molecule has 5 aromatic rings. The Bertz CT molecular complexity index is 3020. The molecule has 1 heterocycles. The van der Waals surface area contributed by atoms with E-state index in [1.807, 2.05) is 0 Å². The van der Waals surface area contributed by atoms with Crippen LogP contribution in [-0.2, 0) is 62.0 Å². The molecule has 0 aliphatic carbocycles. The fourth-order valence-electron chi connectivity index (χ4n) is 5.20. The summed E-state index contributed by atoms with van der Waals surface area (Å²) in [5.74, 6) is -5.94. The first kappa shape index (κ1) is 78.5. The SMILES string of the molecule is CC1=N/C(=C\c2cccc([N+](=O)[O-])c2)C(=O)O1.CCC(=O)O.CO.CO.Nc1cccc(CC(O)C(=O)O)c1.O=C(O)/C(O)=C/c1cccc([N+](=O)[O-])c1.O=C(O)C(O)Cc1cccc([N+](=O)[O-])c1.O=Cc1cccc([N+](=O)[O-])c1.[CH3-].[Pd]. The van der Waals surface area contributed by atoms with E-state index in [2.05, 4.69) is 4.99 Å². The summed E-state index contributed by atoms with van der Waals surface area (Å²) < 4.78 is 4.73. The number of nitro benzene ring substituents is 4. The third-order valence-electron chi connectivity index (χ3n) is 8.74. The molecule has 446 valence electrons. The Labute approximate surface area is 479 Å². The van der Waals surface area contributed by atoms with E-state index < -0.39 is 67.5 Å². The second-order valence-corrected chi connectivity index (χ2v) is 14.6. The zero-order valence-corrected chi connectivity index (χ0v) is 45.4. The van der Waals surface area contributed by atoms with Crippen LogP contribution in [0.2, 0.25) is 0 Å². The number of hydrogen-bond donors (Lipinski definition) is 10. The number of non-ortho nitro benzene ring substituents is 4. The van der Waals surface area contributed by atoms with Crippen molar-refractivity contribution in [2.75, 3.05) is 20.0 Å². The van der Waals surface area contributed by atoms with Crippen molar-refractivity contribution in [2.45, 2.75) is 45.3 Å². The summed E-state index contributed by atoms with van der Waals surface area (Å²) in [5, 5.41) is 115. The number of ether oxygens (including phenoxy) is 1. The average molecular weight is 1240 g/mol. The van der Waals surface area contributed by atoms with Crippen LogP contribution in [0.25, 0.3) is 12.2 Å². The monoisotopic (exact) mass is 1240 g/mol. The molecule has 0 radical (unpaired) electrons. The van der Waals surface area contributed by atoms with Gasteiger partial charge in [0.05, 0.1) is 19.7 Å². The second kappa shape index (κ2) is 42.9. The zero-order valence-electron chi connectivity index (χ0n) is 43.8. The van der Waals surface area contributed by atoms with Gasteiger partial charge in [-0.1, -0.05) is 67.6 Å². The van der Waals surface area contributed by atoms with Crippen LogP contribution in [0.4, 0.5) is 28.4 Å². The van der Waals surface area contributed by atoms with Gasteiger partial charge >= 0.3 is 29.8 Å². The number of hydrogen-bond acceptors (Lipinski definition) is 22. The van der Waals surface area contributed by atoms with Gasteiger partial charge in [0.25, 0.3) is 22.7 Å². The minimum Gasteiger partial charge on any atom is -0.502 e. The number of benzene rings is 5. The number of aliphatic hydroxyl groups is 5. The van der Waals surface area contributed by atoms with Crippen LogP contribution in [-0.4, -0.2) is 134 Å². The minimum atomic E-state index is -1.54. The number of carboxylic acid groups (broad SMARTS) is 4. The van der Waals surface area contributed by atoms with Crippen LogP contribution in [0.1, 0.15) is 52.9 Å². The van der Waals surface area contributed by atoms with E-state index in [-0.39, 0.29) is 87.0 Å². The number of anilines is 1. The predicted molar refractivity (Wildman–Crippen MR) is 289 cm³/mol. The van der Waals surface area contributed by atoms with Crippen LogP contribution in [0.15, 0.2) is 138 Å². The molecular formula is C51H57N6O24Pd-. The summed E-state index contributed by atoms with van der Waals surface area (Å²) in [5.41, 5.74) is 8.04. The van der Waals surface area contributed by atoms with E-state index in [0.717, 1.165) is 25.9 Å². The molecule has 2 unspecified atom stereocenters. The van der Waals surface area contributed by atoms with Gasteiger partial charge in [-0.2, -0.15) is 0 Å². The summed E-state index contributed by atoms with van der Waals surface area (Å²) in [4.78, 5) is 105. The Kier molecular flexibility index (Phi) is 41.1. The molecule has 0 fully saturated rings. The molecule has 0 saturated carbocycles. The molecule has 5 aromatic carbocycles. The molecule has 0 amide bonds. The first-order chi connectivity index (χ1) is 37.7. The number of aliphatic hydroxyl groups excluding tert-OH is 5. The fraction of sp³-hybridized carbons (Fsp3) is 0.176. The number of carbonyl (C=O) groups is 6. The minimum absolute atomic E-state index is 0. The van der Waals surface area contributed by atoms with Gasteiger partial charge in [0.15, 0.2) is 23.8 Å². The number of carbonyl (C=O) groups excluding carboxylic acids is 2. The average Bonchev–Trinajstić information content (AvgIpc) is 3.75. The van der Waals surface area contributed by atoms with Crippen LogP contribution in [0.3, 0.4) is 0 Å². The Balaban J connectivity index is -0.000000447. The van der Waals surface area contributed by atoms with Crippen molar-refractivity contribution in [3.05, 3.63) is 208 Å². The Morgan fingerprint density at radius 2 is 0.963 bits per heavy atom. The van der Waals surface area contributed by atoms with Gasteiger partial charge in [0.2, 0.25) is 5.76 Å². The van der Waals surface area contributed by atoms with Crippen molar-refractivity contribution in [3.63, 3.8) is 0 Å². The number of aliphatic carboxylic acids is 4. The normalized spacial score (nSPS) is 11.5. The van der Waals surface area contributed by atoms with Crippen LogP contribution >= 0.6 is 0 Å². The summed E-state index contributed by atoms with van der Waals surface area (Å²) in [6.07, 6.45) is 0.236. The second-order valence-electron chi connectivity index (χ2n) is 14.6. The van der Waals surface area contributed by atoms with Crippen molar-refractivity contribution < 1.29 is 120 Å². The first-order valence-electron chi connectivity index (χ1n) is 22.0. The van der Waals surface area contributed by atoms with Crippen molar-refractivity contribution >= 4 is 82.6 Å². The van der Waals surface area contributed by atoms with Gasteiger partial charge in [-0.25, -0.2) is 24.2 Å². The van der Waals surface area contributed by atoms with E-state index in [0.29, 0.717) is 28.7 Å². The molecule has 31 heteroatoms. The van der Waals surface area contributed by atoms with Crippen molar-refractivity contribution in [3.8, 4) is 0 Å². The van der Waals surface area contributed by atoms with E-state index in [1.165, 1.54) is 91.0 Å². The zero-order chi connectivity index (χ0) is 61.7. The Hall–Kier alpha value is -10.0. The molecule has 1 aliphatic heterocycles. The van der Waals surface area contributed by atoms with Crippen LogP contribution in [0.5, 0.6) is 0 Å². The summed E-state index contributed by atoms with van der Waals surface area (Å²) in [7, 11) is 2.00. The van der Waals surface area contributed by atoms with Crippen molar-refractivity contribution in [1.82, 2.24) is 0 Å². The van der Waals surface area contributed by atoms with E-state index in [4.69, 9.17) is 56.4 Å². The van der Waals surface area contributed by atoms with Gasteiger partial charge < -0.3 is 63.9 Å². The maximum Gasteiger partial charge on any atom is 0.370 e. The van der Waals surface area contributed by atoms with E-state index in [1.54, 1.807) is 50.2 Å². The molecule has 11 N–H and O–H groups in total.